The SMILES string of the molecule is c1ccc(C2CN(CC3CCCCO3)Cc3ccccc32)cc1. The van der Waals surface area contributed by atoms with Crippen molar-refractivity contribution in [1.29, 1.82) is 0 Å². The molecule has 0 amide bonds. The molecule has 0 aliphatic carbocycles. The summed E-state index contributed by atoms with van der Waals surface area (Å²) in [6.07, 6.45) is 4.18. The maximum Gasteiger partial charge on any atom is 0.0702 e. The van der Waals surface area contributed by atoms with Crippen molar-refractivity contribution in [1.82, 2.24) is 4.90 Å². The number of fused-ring (bicyclic) bond motifs is 1. The lowest BCUT2D eigenvalue weighted by Crippen LogP contribution is -2.40. The molecule has 23 heavy (non-hydrogen) atoms. The highest BCUT2D eigenvalue weighted by molar-refractivity contribution is 5.40. The summed E-state index contributed by atoms with van der Waals surface area (Å²) in [6.45, 7) is 4.16. The van der Waals surface area contributed by atoms with E-state index in [1.54, 1.807) is 0 Å². The van der Waals surface area contributed by atoms with Crippen molar-refractivity contribution in [3.05, 3.63) is 71.3 Å². The molecule has 0 N–H and O–H groups in total. The van der Waals surface area contributed by atoms with Crippen LogP contribution in [0, 0.1) is 0 Å². The molecule has 2 aromatic rings. The average Bonchev–Trinajstić information content (AvgIpc) is 2.63. The molecule has 4 rings (SSSR count). The van der Waals surface area contributed by atoms with Gasteiger partial charge in [-0.15, -0.1) is 0 Å². The Hall–Kier alpha value is -1.64. The van der Waals surface area contributed by atoms with E-state index < -0.39 is 0 Å². The van der Waals surface area contributed by atoms with Gasteiger partial charge in [0.2, 0.25) is 0 Å². The first-order valence-electron chi connectivity index (χ1n) is 8.87. The average molecular weight is 307 g/mol. The molecule has 0 radical (unpaired) electrons. The van der Waals surface area contributed by atoms with Gasteiger partial charge >= 0.3 is 0 Å². The Bertz CT molecular complexity index is 633. The van der Waals surface area contributed by atoms with Crippen molar-refractivity contribution < 1.29 is 4.74 Å². The molecular weight excluding hydrogens is 282 g/mol. The first kappa shape index (κ1) is 14.9. The third-order valence-electron chi connectivity index (χ3n) is 5.20. The molecule has 1 saturated heterocycles. The van der Waals surface area contributed by atoms with Crippen LogP contribution in [0.3, 0.4) is 0 Å². The lowest BCUT2D eigenvalue weighted by atomic mass is 9.84. The molecule has 0 saturated carbocycles. The lowest BCUT2D eigenvalue weighted by Gasteiger charge is -2.37. The summed E-state index contributed by atoms with van der Waals surface area (Å²) in [4.78, 5) is 2.59. The molecule has 120 valence electrons. The van der Waals surface area contributed by atoms with Crippen LogP contribution in [0.2, 0.25) is 0 Å². The number of nitrogens with zero attached hydrogens (tertiary/aromatic N) is 1. The minimum Gasteiger partial charge on any atom is -0.377 e. The van der Waals surface area contributed by atoms with E-state index in [9.17, 15) is 0 Å². The summed E-state index contributed by atoms with van der Waals surface area (Å²) in [6, 6.07) is 19.9. The fourth-order valence-corrected chi connectivity index (χ4v) is 4.03. The molecule has 2 unspecified atom stereocenters. The molecule has 2 aliphatic rings. The van der Waals surface area contributed by atoms with E-state index in [2.05, 4.69) is 59.5 Å². The van der Waals surface area contributed by atoms with Crippen LogP contribution in [0.25, 0.3) is 0 Å². The number of rotatable bonds is 3. The van der Waals surface area contributed by atoms with Gasteiger partial charge in [-0.2, -0.15) is 0 Å². The lowest BCUT2D eigenvalue weighted by molar-refractivity contribution is -0.00889. The van der Waals surface area contributed by atoms with Crippen LogP contribution in [0.5, 0.6) is 0 Å². The molecule has 2 atom stereocenters. The molecule has 0 bridgehead atoms. The van der Waals surface area contributed by atoms with Gasteiger partial charge in [0.1, 0.15) is 0 Å². The van der Waals surface area contributed by atoms with Gasteiger partial charge in [0.15, 0.2) is 0 Å². The Morgan fingerprint density at radius 1 is 0.957 bits per heavy atom. The number of hydrogen-bond acceptors (Lipinski definition) is 2. The Kier molecular flexibility index (Phi) is 4.45. The van der Waals surface area contributed by atoms with Crippen molar-refractivity contribution in [2.45, 2.75) is 37.8 Å². The molecule has 2 heterocycles. The summed E-state index contributed by atoms with van der Waals surface area (Å²) < 4.78 is 5.97. The molecule has 2 aromatic carbocycles. The quantitative estimate of drug-likeness (QED) is 0.842. The van der Waals surface area contributed by atoms with Gasteiger partial charge in [-0.1, -0.05) is 54.6 Å². The minimum atomic E-state index is 0.422. The maximum atomic E-state index is 5.97. The van der Waals surface area contributed by atoms with Crippen LogP contribution in [-0.4, -0.2) is 30.7 Å². The van der Waals surface area contributed by atoms with Crippen LogP contribution < -0.4 is 0 Å². The zero-order valence-corrected chi connectivity index (χ0v) is 13.7. The molecular formula is C21H25NO. The fraction of sp³-hybridized carbons (Fsp3) is 0.429. The van der Waals surface area contributed by atoms with Gasteiger partial charge in [-0.3, -0.25) is 4.90 Å². The number of benzene rings is 2. The molecule has 2 aliphatic heterocycles. The smallest absolute Gasteiger partial charge is 0.0702 e. The summed E-state index contributed by atoms with van der Waals surface area (Å²) in [5.74, 6) is 0.477. The van der Waals surface area contributed by atoms with E-state index in [1.807, 2.05) is 0 Å². The van der Waals surface area contributed by atoms with Crippen LogP contribution >= 0.6 is 0 Å². The molecule has 1 fully saturated rings. The summed E-state index contributed by atoms with van der Waals surface area (Å²) in [7, 11) is 0. The first-order valence-corrected chi connectivity index (χ1v) is 8.87. The Labute approximate surface area is 139 Å². The van der Waals surface area contributed by atoms with Gasteiger partial charge in [-0.25, -0.2) is 0 Å². The van der Waals surface area contributed by atoms with E-state index in [0.29, 0.717) is 12.0 Å². The summed E-state index contributed by atoms with van der Waals surface area (Å²) in [5.41, 5.74) is 4.40. The second kappa shape index (κ2) is 6.86. The van der Waals surface area contributed by atoms with Crippen LogP contribution in [0.4, 0.5) is 0 Å². The largest absolute Gasteiger partial charge is 0.377 e. The molecule has 2 nitrogen and oxygen atoms in total. The van der Waals surface area contributed by atoms with Gasteiger partial charge in [0.05, 0.1) is 6.10 Å². The third kappa shape index (κ3) is 3.34. The van der Waals surface area contributed by atoms with Crippen LogP contribution in [0.15, 0.2) is 54.6 Å². The van der Waals surface area contributed by atoms with E-state index in [0.717, 1.165) is 26.2 Å². The van der Waals surface area contributed by atoms with Crippen LogP contribution in [-0.2, 0) is 11.3 Å². The highest BCUT2D eigenvalue weighted by Crippen LogP contribution is 2.33. The van der Waals surface area contributed by atoms with E-state index >= 15 is 0 Å². The first-order chi connectivity index (χ1) is 11.4. The second-order valence-electron chi connectivity index (χ2n) is 6.84. The van der Waals surface area contributed by atoms with E-state index in [-0.39, 0.29) is 0 Å². The van der Waals surface area contributed by atoms with Gasteiger partial charge in [0.25, 0.3) is 0 Å². The minimum absolute atomic E-state index is 0.422. The highest BCUT2D eigenvalue weighted by atomic mass is 16.5. The van der Waals surface area contributed by atoms with Crippen LogP contribution in [0.1, 0.15) is 41.9 Å². The van der Waals surface area contributed by atoms with Crippen molar-refractivity contribution >= 4 is 0 Å². The van der Waals surface area contributed by atoms with E-state index in [1.165, 1.54) is 36.0 Å². The van der Waals surface area contributed by atoms with Gasteiger partial charge < -0.3 is 4.74 Å². The second-order valence-corrected chi connectivity index (χ2v) is 6.84. The predicted molar refractivity (Wildman–Crippen MR) is 93.6 cm³/mol. The van der Waals surface area contributed by atoms with Crippen molar-refractivity contribution in [3.63, 3.8) is 0 Å². The Morgan fingerprint density at radius 2 is 1.78 bits per heavy atom. The standard InChI is InChI=1S/C21H25NO/c1-2-8-17(9-3-1)21-16-22(15-19-11-6-7-13-23-19)14-18-10-4-5-12-20(18)21/h1-5,8-10,12,19,21H,6-7,11,13-16H2. The monoisotopic (exact) mass is 307 g/mol. The normalized spacial score (nSPS) is 25.0. The van der Waals surface area contributed by atoms with Crippen molar-refractivity contribution in [3.8, 4) is 0 Å². The number of hydrogen-bond donors (Lipinski definition) is 0. The highest BCUT2D eigenvalue weighted by Gasteiger charge is 2.28. The van der Waals surface area contributed by atoms with Crippen molar-refractivity contribution in [2.24, 2.45) is 0 Å². The summed E-state index contributed by atoms with van der Waals surface area (Å²) >= 11 is 0. The third-order valence-corrected chi connectivity index (χ3v) is 5.20. The van der Waals surface area contributed by atoms with Crippen molar-refractivity contribution in [2.75, 3.05) is 19.7 Å². The fourth-order valence-electron chi connectivity index (χ4n) is 4.03. The molecule has 0 aromatic heterocycles. The van der Waals surface area contributed by atoms with Gasteiger partial charge in [-0.05, 0) is 36.0 Å². The Balaban J connectivity index is 1.58. The Morgan fingerprint density at radius 3 is 2.61 bits per heavy atom. The maximum absolute atomic E-state index is 5.97. The zero-order chi connectivity index (χ0) is 15.5. The van der Waals surface area contributed by atoms with Gasteiger partial charge in [0, 0.05) is 32.2 Å². The predicted octanol–water partition coefficient (Wildman–Crippen LogP) is 4.20. The molecule has 0 spiro atoms. The molecule has 2 heteroatoms. The zero-order valence-electron chi connectivity index (χ0n) is 13.7. The topological polar surface area (TPSA) is 12.5 Å². The summed E-state index contributed by atoms with van der Waals surface area (Å²) in [5, 5.41) is 0. The number of ether oxygens (including phenoxy) is 1. The van der Waals surface area contributed by atoms with E-state index in [4.69, 9.17) is 4.74 Å².